The van der Waals surface area contributed by atoms with Crippen LogP contribution in [-0.4, -0.2) is 10.3 Å². The molecule has 0 atom stereocenters. The van der Waals surface area contributed by atoms with E-state index in [9.17, 15) is 9.18 Å². The van der Waals surface area contributed by atoms with Crippen LogP contribution in [0.5, 0.6) is 0 Å². The highest BCUT2D eigenvalue weighted by atomic mass is 35.5. The van der Waals surface area contributed by atoms with Gasteiger partial charge < -0.3 is 5.32 Å². The molecule has 20 heavy (non-hydrogen) atoms. The van der Waals surface area contributed by atoms with Crippen molar-refractivity contribution in [1.29, 1.82) is 0 Å². The lowest BCUT2D eigenvalue weighted by molar-refractivity contribution is 0.102. The number of hydrogen-bond acceptors (Lipinski definition) is 3. The number of hydrogen-bond donors (Lipinski definition) is 1. The molecule has 0 aliphatic heterocycles. The van der Waals surface area contributed by atoms with E-state index in [0.717, 1.165) is 10.1 Å². The summed E-state index contributed by atoms with van der Waals surface area (Å²) >= 11 is 7.16. The number of amides is 1. The van der Waals surface area contributed by atoms with Crippen molar-refractivity contribution in [3.8, 4) is 0 Å². The Morgan fingerprint density at radius 3 is 2.90 bits per heavy atom. The molecule has 0 radical (unpaired) electrons. The first kappa shape index (κ1) is 13.0. The first-order valence-corrected chi connectivity index (χ1v) is 6.91. The summed E-state index contributed by atoms with van der Waals surface area (Å²) in [6.45, 7) is 0. The number of rotatable bonds is 2. The number of benzene rings is 2. The predicted molar refractivity (Wildman–Crippen MR) is 79.0 cm³/mol. The molecule has 1 amide bonds. The number of aromatic nitrogens is 1. The first-order valence-electron chi connectivity index (χ1n) is 5.76. The lowest BCUT2D eigenvalue weighted by Gasteiger charge is -2.06. The Labute approximate surface area is 123 Å². The Kier molecular flexibility index (Phi) is 3.38. The molecule has 0 unspecified atom stereocenters. The van der Waals surface area contributed by atoms with Gasteiger partial charge in [0, 0.05) is 5.39 Å². The average Bonchev–Trinajstić information content (AvgIpc) is 2.87. The molecule has 0 aliphatic carbocycles. The number of carbonyl (C=O) groups is 1. The molecule has 1 heterocycles. The van der Waals surface area contributed by atoms with Crippen LogP contribution in [-0.2, 0) is 0 Å². The minimum atomic E-state index is -0.465. The molecule has 0 fully saturated rings. The van der Waals surface area contributed by atoms with Crippen molar-refractivity contribution in [3.05, 3.63) is 59.0 Å². The van der Waals surface area contributed by atoms with Crippen LogP contribution in [0.25, 0.3) is 10.1 Å². The van der Waals surface area contributed by atoms with Gasteiger partial charge >= 0.3 is 0 Å². The van der Waals surface area contributed by atoms with Crippen molar-refractivity contribution in [3.63, 3.8) is 0 Å². The van der Waals surface area contributed by atoms with E-state index in [2.05, 4.69) is 9.69 Å². The van der Waals surface area contributed by atoms with E-state index in [1.165, 1.54) is 29.7 Å². The fraction of sp³-hybridized carbons (Fsp3) is 0. The zero-order chi connectivity index (χ0) is 14.1. The zero-order valence-corrected chi connectivity index (χ0v) is 11.6. The largest absolute Gasteiger partial charge is 0.319 e. The molecule has 0 saturated carbocycles. The maximum absolute atomic E-state index is 13.2. The number of nitrogens with zero attached hydrogens (tertiary/aromatic N) is 1. The van der Waals surface area contributed by atoms with Crippen molar-refractivity contribution >= 4 is 44.8 Å². The molecule has 0 bridgehead atoms. The van der Waals surface area contributed by atoms with Crippen molar-refractivity contribution in [2.45, 2.75) is 0 Å². The van der Waals surface area contributed by atoms with Crippen LogP contribution < -0.4 is 5.32 Å². The average molecular weight is 307 g/mol. The summed E-state index contributed by atoms with van der Waals surface area (Å²) in [5.74, 6) is -0.872. The SMILES string of the molecule is O=C(Nc1cc(F)ccc1Cl)c1nsc2ccccc12. The Morgan fingerprint density at radius 2 is 2.05 bits per heavy atom. The van der Waals surface area contributed by atoms with Crippen LogP contribution in [0.3, 0.4) is 0 Å². The van der Waals surface area contributed by atoms with Crippen molar-refractivity contribution < 1.29 is 9.18 Å². The predicted octanol–water partition coefficient (Wildman–Crippen LogP) is 4.34. The Hall–Kier alpha value is -1.98. The van der Waals surface area contributed by atoms with Gasteiger partial charge in [0.25, 0.3) is 5.91 Å². The van der Waals surface area contributed by atoms with Crippen LogP contribution in [0.1, 0.15) is 10.5 Å². The first-order chi connectivity index (χ1) is 9.65. The van der Waals surface area contributed by atoms with Gasteiger partial charge in [-0.15, -0.1) is 0 Å². The molecule has 1 aromatic heterocycles. The van der Waals surface area contributed by atoms with E-state index in [-0.39, 0.29) is 10.7 Å². The summed E-state index contributed by atoms with van der Waals surface area (Å²) in [6.07, 6.45) is 0. The van der Waals surface area contributed by atoms with E-state index < -0.39 is 11.7 Å². The minimum absolute atomic E-state index is 0.230. The van der Waals surface area contributed by atoms with Gasteiger partial charge in [-0.1, -0.05) is 29.8 Å². The molecule has 100 valence electrons. The number of fused-ring (bicyclic) bond motifs is 1. The molecule has 1 N–H and O–H groups in total. The molecular formula is C14H8ClFN2OS. The summed E-state index contributed by atoms with van der Waals surface area (Å²) in [6, 6.07) is 11.2. The maximum Gasteiger partial charge on any atom is 0.276 e. The summed E-state index contributed by atoms with van der Waals surface area (Å²) in [7, 11) is 0. The second kappa shape index (κ2) is 5.19. The van der Waals surface area contributed by atoms with E-state index >= 15 is 0 Å². The Bertz CT molecular complexity index is 803. The van der Waals surface area contributed by atoms with Crippen molar-refractivity contribution in [1.82, 2.24) is 4.37 Å². The van der Waals surface area contributed by atoms with Gasteiger partial charge in [-0.3, -0.25) is 4.79 Å². The van der Waals surface area contributed by atoms with E-state index in [4.69, 9.17) is 11.6 Å². The van der Waals surface area contributed by atoms with Crippen LogP contribution in [0.4, 0.5) is 10.1 Å². The fourth-order valence-electron chi connectivity index (χ4n) is 1.82. The molecule has 0 saturated heterocycles. The number of anilines is 1. The summed E-state index contributed by atoms with van der Waals surface area (Å²) < 4.78 is 18.2. The van der Waals surface area contributed by atoms with Crippen LogP contribution >= 0.6 is 23.1 Å². The molecule has 3 rings (SSSR count). The molecule has 3 nitrogen and oxygen atoms in total. The fourth-order valence-corrected chi connectivity index (χ4v) is 2.76. The maximum atomic E-state index is 13.2. The minimum Gasteiger partial charge on any atom is -0.319 e. The zero-order valence-electron chi connectivity index (χ0n) is 10.1. The number of halogens is 2. The summed E-state index contributed by atoms with van der Waals surface area (Å²) in [4.78, 5) is 12.2. The van der Waals surface area contributed by atoms with Crippen molar-refractivity contribution in [2.75, 3.05) is 5.32 Å². The van der Waals surface area contributed by atoms with E-state index in [1.807, 2.05) is 24.3 Å². The molecule has 2 aromatic carbocycles. The molecular weight excluding hydrogens is 299 g/mol. The smallest absolute Gasteiger partial charge is 0.276 e. The third kappa shape index (κ3) is 2.37. The van der Waals surface area contributed by atoms with Gasteiger partial charge in [0.2, 0.25) is 0 Å². The highest BCUT2D eigenvalue weighted by Gasteiger charge is 2.15. The van der Waals surface area contributed by atoms with Crippen molar-refractivity contribution in [2.24, 2.45) is 0 Å². The van der Waals surface area contributed by atoms with Gasteiger partial charge in [0.05, 0.1) is 15.4 Å². The lowest BCUT2D eigenvalue weighted by atomic mass is 10.2. The molecule has 6 heteroatoms. The highest BCUT2D eigenvalue weighted by Crippen LogP contribution is 2.26. The normalized spacial score (nSPS) is 10.7. The topological polar surface area (TPSA) is 42.0 Å². The van der Waals surface area contributed by atoms with E-state index in [0.29, 0.717) is 5.69 Å². The Morgan fingerprint density at radius 1 is 1.25 bits per heavy atom. The number of nitrogens with one attached hydrogen (secondary N) is 1. The van der Waals surface area contributed by atoms with Gasteiger partial charge in [-0.25, -0.2) is 4.39 Å². The standard InChI is InChI=1S/C14H8ClFN2OS/c15-10-6-5-8(16)7-11(10)17-14(19)13-9-3-1-2-4-12(9)20-18-13/h1-7H,(H,17,19). The van der Waals surface area contributed by atoms with Gasteiger partial charge in [0.15, 0.2) is 0 Å². The summed E-state index contributed by atoms with van der Waals surface area (Å²) in [5.41, 5.74) is 0.541. The quantitative estimate of drug-likeness (QED) is 0.765. The third-order valence-corrected chi connectivity index (χ3v) is 3.93. The van der Waals surface area contributed by atoms with Gasteiger partial charge in [-0.05, 0) is 35.8 Å². The highest BCUT2D eigenvalue weighted by molar-refractivity contribution is 7.13. The second-order valence-corrected chi connectivity index (χ2v) is 5.32. The van der Waals surface area contributed by atoms with Crippen LogP contribution in [0.15, 0.2) is 42.5 Å². The van der Waals surface area contributed by atoms with E-state index in [1.54, 1.807) is 0 Å². The molecule has 0 spiro atoms. The second-order valence-electron chi connectivity index (χ2n) is 4.11. The Balaban J connectivity index is 1.95. The summed E-state index contributed by atoms with van der Waals surface area (Å²) in [5, 5.41) is 3.62. The molecule has 3 aromatic rings. The molecule has 0 aliphatic rings. The van der Waals surface area contributed by atoms with Gasteiger partial charge in [0.1, 0.15) is 11.5 Å². The van der Waals surface area contributed by atoms with Crippen LogP contribution in [0.2, 0.25) is 5.02 Å². The van der Waals surface area contributed by atoms with Crippen LogP contribution in [0, 0.1) is 5.82 Å². The third-order valence-electron chi connectivity index (χ3n) is 2.77. The monoisotopic (exact) mass is 306 g/mol. The lowest BCUT2D eigenvalue weighted by Crippen LogP contribution is -2.13. The van der Waals surface area contributed by atoms with Gasteiger partial charge in [-0.2, -0.15) is 4.37 Å². The number of carbonyl (C=O) groups excluding carboxylic acids is 1.